The maximum absolute atomic E-state index is 10.5. The van der Waals surface area contributed by atoms with E-state index < -0.39 is 0 Å². The average molecular weight is 153 g/mol. The van der Waals surface area contributed by atoms with Gasteiger partial charge in [0.1, 0.15) is 5.78 Å². The summed E-state index contributed by atoms with van der Waals surface area (Å²) in [4.78, 5) is 10.5. The summed E-state index contributed by atoms with van der Waals surface area (Å²) in [5.74, 6) is 0.0774. The maximum atomic E-state index is 10.5. The highest BCUT2D eigenvalue weighted by Gasteiger charge is 1.99. The first-order chi connectivity index (χ1) is 5.16. The monoisotopic (exact) mass is 153 g/mol. The van der Waals surface area contributed by atoms with E-state index in [0.717, 1.165) is 19.3 Å². The molecule has 0 radical (unpaired) electrons. The van der Waals surface area contributed by atoms with Crippen molar-refractivity contribution in [3.8, 4) is 0 Å². The molecular formula is C9H15NO. The number of Topliss-reactive ketones (excluding diaryl/α,β-unsaturated/α-hetero) is 1. The highest BCUT2D eigenvalue weighted by molar-refractivity contribution is 5.99. The number of unbranched alkanes of at least 4 members (excludes halogenated alkanes) is 1. The van der Waals surface area contributed by atoms with Crippen molar-refractivity contribution in [3.63, 3.8) is 0 Å². The van der Waals surface area contributed by atoms with Gasteiger partial charge in [-0.15, -0.1) is 6.58 Å². The Kier molecular flexibility index (Phi) is 5.35. The average Bonchev–Trinajstić information content (AvgIpc) is 1.86. The Morgan fingerprint density at radius 2 is 2.27 bits per heavy atom. The van der Waals surface area contributed by atoms with E-state index in [4.69, 9.17) is 5.41 Å². The van der Waals surface area contributed by atoms with E-state index in [0.29, 0.717) is 12.1 Å². The van der Waals surface area contributed by atoms with Crippen LogP contribution in [0.25, 0.3) is 0 Å². The number of ketones is 1. The van der Waals surface area contributed by atoms with E-state index in [9.17, 15) is 4.79 Å². The van der Waals surface area contributed by atoms with Gasteiger partial charge >= 0.3 is 0 Å². The molecule has 0 fully saturated rings. The smallest absolute Gasteiger partial charge is 0.135 e. The van der Waals surface area contributed by atoms with Crippen LogP contribution in [0.4, 0.5) is 0 Å². The fraction of sp³-hybridized carbons (Fsp3) is 0.556. The number of hydrogen-bond acceptors (Lipinski definition) is 2. The molecule has 11 heavy (non-hydrogen) atoms. The van der Waals surface area contributed by atoms with Crippen molar-refractivity contribution in [3.05, 3.63) is 12.7 Å². The van der Waals surface area contributed by atoms with E-state index in [1.807, 2.05) is 6.08 Å². The first kappa shape index (κ1) is 10.1. The van der Waals surface area contributed by atoms with E-state index in [-0.39, 0.29) is 5.78 Å². The van der Waals surface area contributed by atoms with Crippen LogP contribution in [-0.2, 0) is 4.79 Å². The molecular weight excluding hydrogens is 138 g/mol. The second-order valence-corrected chi connectivity index (χ2v) is 2.66. The molecule has 0 saturated heterocycles. The third kappa shape index (κ3) is 6.97. The second kappa shape index (κ2) is 5.83. The summed E-state index contributed by atoms with van der Waals surface area (Å²) in [6.45, 7) is 5.10. The number of carbonyl (C=O) groups excluding carboxylic acids is 1. The minimum atomic E-state index is 0.0774. The van der Waals surface area contributed by atoms with Crippen LogP contribution in [0.5, 0.6) is 0 Å². The van der Waals surface area contributed by atoms with E-state index >= 15 is 0 Å². The summed E-state index contributed by atoms with van der Waals surface area (Å²) < 4.78 is 0. The lowest BCUT2D eigenvalue weighted by molar-refractivity contribution is -0.115. The van der Waals surface area contributed by atoms with Crippen LogP contribution in [0, 0.1) is 5.41 Å². The molecule has 2 nitrogen and oxygen atoms in total. The standard InChI is InChI=1S/C9H15NO/c1-3-4-5-6-9(10)7-8(2)11/h3,10H,1,4-7H2,2H3. The highest BCUT2D eigenvalue weighted by atomic mass is 16.1. The lowest BCUT2D eigenvalue weighted by atomic mass is 10.1. The Balaban J connectivity index is 3.37. The molecule has 0 aromatic carbocycles. The molecule has 0 spiro atoms. The van der Waals surface area contributed by atoms with Gasteiger partial charge in [-0.3, -0.25) is 4.79 Å². The fourth-order valence-electron chi connectivity index (χ4n) is 0.849. The molecule has 0 aromatic heterocycles. The van der Waals surface area contributed by atoms with Gasteiger partial charge in [0.2, 0.25) is 0 Å². The van der Waals surface area contributed by atoms with Gasteiger partial charge < -0.3 is 5.41 Å². The summed E-state index contributed by atoms with van der Waals surface area (Å²) in [7, 11) is 0. The molecule has 62 valence electrons. The molecule has 0 saturated carbocycles. The molecule has 0 aliphatic rings. The highest BCUT2D eigenvalue weighted by Crippen LogP contribution is 2.00. The van der Waals surface area contributed by atoms with Crippen molar-refractivity contribution in [1.29, 1.82) is 5.41 Å². The third-order valence-corrected chi connectivity index (χ3v) is 1.35. The van der Waals surface area contributed by atoms with Gasteiger partial charge in [-0.1, -0.05) is 6.08 Å². The zero-order valence-electron chi connectivity index (χ0n) is 7.02. The molecule has 0 aliphatic carbocycles. The summed E-state index contributed by atoms with van der Waals surface area (Å²) in [5.41, 5.74) is 0.541. The van der Waals surface area contributed by atoms with Crippen molar-refractivity contribution >= 4 is 11.5 Å². The van der Waals surface area contributed by atoms with Gasteiger partial charge in [-0.2, -0.15) is 0 Å². The van der Waals surface area contributed by atoms with Crippen LogP contribution in [0.3, 0.4) is 0 Å². The zero-order valence-corrected chi connectivity index (χ0v) is 7.02. The molecule has 0 amide bonds. The Morgan fingerprint density at radius 3 is 2.73 bits per heavy atom. The predicted molar refractivity (Wildman–Crippen MR) is 47.1 cm³/mol. The van der Waals surface area contributed by atoms with Crippen molar-refractivity contribution < 1.29 is 4.79 Å². The van der Waals surface area contributed by atoms with E-state index in [1.54, 1.807) is 0 Å². The Morgan fingerprint density at radius 1 is 1.64 bits per heavy atom. The molecule has 0 bridgehead atoms. The van der Waals surface area contributed by atoms with Gasteiger partial charge in [0.25, 0.3) is 0 Å². The topological polar surface area (TPSA) is 40.9 Å². The SMILES string of the molecule is C=CCCCC(=N)CC(C)=O. The molecule has 0 atom stereocenters. The minimum absolute atomic E-state index is 0.0774. The fourth-order valence-corrected chi connectivity index (χ4v) is 0.849. The largest absolute Gasteiger partial charge is 0.309 e. The lowest BCUT2D eigenvalue weighted by Gasteiger charge is -1.98. The van der Waals surface area contributed by atoms with Crippen molar-refractivity contribution in [2.75, 3.05) is 0 Å². The van der Waals surface area contributed by atoms with Crippen molar-refractivity contribution in [2.45, 2.75) is 32.6 Å². The number of allylic oxidation sites excluding steroid dienone is 1. The first-order valence-electron chi connectivity index (χ1n) is 3.83. The maximum Gasteiger partial charge on any atom is 0.135 e. The molecule has 0 aliphatic heterocycles. The van der Waals surface area contributed by atoms with Crippen molar-refractivity contribution in [2.24, 2.45) is 0 Å². The van der Waals surface area contributed by atoms with Crippen LogP contribution >= 0.6 is 0 Å². The van der Waals surface area contributed by atoms with E-state index in [1.165, 1.54) is 6.92 Å². The first-order valence-corrected chi connectivity index (χ1v) is 3.83. The second-order valence-electron chi connectivity index (χ2n) is 2.66. The number of carbonyl (C=O) groups is 1. The quantitative estimate of drug-likeness (QED) is 0.355. The van der Waals surface area contributed by atoms with Crippen LogP contribution < -0.4 is 0 Å². The summed E-state index contributed by atoms with van der Waals surface area (Å²) in [6.07, 6.45) is 4.75. The van der Waals surface area contributed by atoms with Gasteiger partial charge in [-0.25, -0.2) is 0 Å². The molecule has 0 rings (SSSR count). The van der Waals surface area contributed by atoms with Crippen molar-refractivity contribution in [1.82, 2.24) is 0 Å². The summed E-state index contributed by atoms with van der Waals surface area (Å²) in [6, 6.07) is 0. The van der Waals surface area contributed by atoms with Gasteiger partial charge in [-0.05, 0) is 26.2 Å². The summed E-state index contributed by atoms with van der Waals surface area (Å²) >= 11 is 0. The number of rotatable bonds is 6. The van der Waals surface area contributed by atoms with Crippen LogP contribution in [-0.4, -0.2) is 11.5 Å². The summed E-state index contributed by atoms with van der Waals surface area (Å²) in [5, 5.41) is 7.34. The molecule has 0 aromatic rings. The zero-order chi connectivity index (χ0) is 8.69. The Hall–Kier alpha value is -0.920. The normalized spacial score (nSPS) is 9.18. The molecule has 1 N–H and O–H groups in total. The van der Waals surface area contributed by atoms with Crippen LogP contribution in [0.1, 0.15) is 32.6 Å². The van der Waals surface area contributed by atoms with Gasteiger partial charge in [0.15, 0.2) is 0 Å². The lowest BCUT2D eigenvalue weighted by Crippen LogP contribution is -2.02. The Labute approximate surface area is 67.8 Å². The molecule has 0 unspecified atom stereocenters. The van der Waals surface area contributed by atoms with Crippen LogP contribution in [0.15, 0.2) is 12.7 Å². The van der Waals surface area contributed by atoms with E-state index in [2.05, 4.69) is 6.58 Å². The van der Waals surface area contributed by atoms with Gasteiger partial charge in [0.05, 0.1) is 0 Å². The van der Waals surface area contributed by atoms with Crippen LogP contribution in [0.2, 0.25) is 0 Å². The minimum Gasteiger partial charge on any atom is -0.309 e. The third-order valence-electron chi connectivity index (χ3n) is 1.35. The number of hydrogen-bond donors (Lipinski definition) is 1. The molecule has 2 heteroatoms. The van der Waals surface area contributed by atoms with Gasteiger partial charge in [0, 0.05) is 12.1 Å². The Bertz CT molecular complexity index is 161. The number of nitrogens with one attached hydrogen (secondary N) is 1. The molecule has 0 heterocycles. The predicted octanol–water partition coefficient (Wildman–Crippen LogP) is 2.34.